The number of amides is 1. The van der Waals surface area contributed by atoms with Crippen molar-refractivity contribution in [3.8, 4) is 5.69 Å². The molecule has 2 aromatic heterocycles. The van der Waals surface area contributed by atoms with Gasteiger partial charge in [-0.15, -0.1) is 0 Å². The van der Waals surface area contributed by atoms with Crippen molar-refractivity contribution >= 4 is 23.3 Å². The molecule has 0 atom stereocenters. The zero-order valence-electron chi connectivity index (χ0n) is 12.7. The third-order valence-corrected chi connectivity index (χ3v) is 3.55. The van der Waals surface area contributed by atoms with Gasteiger partial charge in [0.05, 0.1) is 5.69 Å². The summed E-state index contributed by atoms with van der Waals surface area (Å²) in [5, 5.41) is 7.34. The van der Waals surface area contributed by atoms with Crippen LogP contribution in [0.5, 0.6) is 0 Å². The van der Waals surface area contributed by atoms with Gasteiger partial charge >= 0.3 is 0 Å². The van der Waals surface area contributed by atoms with Gasteiger partial charge in [-0.2, -0.15) is 5.10 Å². The number of hydrogen-bond acceptors (Lipinski definition) is 4. The lowest BCUT2D eigenvalue weighted by molar-refractivity contribution is 0.101. The number of nitrogens with one attached hydrogen (secondary N) is 1. The molecule has 3 aromatic rings. The second-order valence-electron chi connectivity index (χ2n) is 5.06. The van der Waals surface area contributed by atoms with E-state index in [0.29, 0.717) is 22.2 Å². The van der Waals surface area contributed by atoms with Crippen molar-refractivity contribution in [1.29, 1.82) is 0 Å². The Bertz CT molecular complexity index is 937. The average Bonchev–Trinajstić information content (AvgIpc) is 2.57. The molecule has 2 heterocycles. The van der Waals surface area contributed by atoms with E-state index in [1.165, 1.54) is 10.7 Å². The number of carbonyl (C=O) groups is 1. The normalized spacial score (nSPS) is 10.4. The zero-order chi connectivity index (χ0) is 17.1. The number of aromatic nitrogens is 3. The van der Waals surface area contributed by atoms with Crippen LogP contribution < -0.4 is 10.7 Å². The van der Waals surface area contributed by atoms with Gasteiger partial charge in [0, 0.05) is 23.0 Å². The molecule has 0 aliphatic carbocycles. The zero-order valence-corrected chi connectivity index (χ0v) is 13.5. The Kier molecular flexibility index (Phi) is 4.39. The van der Waals surface area contributed by atoms with Gasteiger partial charge in [0.15, 0.2) is 5.69 Å². The number of nitrogens with zero attached hydrogens (tertiary/aromatic N) is 3. The number of hydrogen-bond donors (Lipinski definition) is 1. The molecular formula is C17H13ClN4O2. The molecule has 0 radical (unpaired) electrons. The topological polar surface area (TPSA) is 76.9 Å². The average molecular weight is 341 g/mol. The van der Waals surface area contributed by atoms with Gasteiger partial charge in [-0.1, -0.05) is 17.7 Å². The second-order valence-corrected chi connectivity index (χ2v) is 5.49. The van der Waals surface area contributed by atoms with E-state index >= 15 is 0 Å². The van der Waals surface area contributed by atoms with Crippen LogP contribution in [-0.2, 0) is 0 Å². The highest BCUT2D eigenvalue weighted by atomic mass is 35.5. The van der Waals surface area contributed by atoms with Crippen molar-refractivity contribution < 1.29 is 4.79 Å². The van der Waals surface area contributed by atoms with E-state index in [9.17, 15) is 9.59 Å². The molecule has 0 aliphatic rings. The Labute approximate surface area is 142 Å². The summed E-state index contributed by atoms with van der Waals surface area (Å²) in [7, 11) is 0. The third kappa shape index (κ3) is 3.33. The fraction of sp³-hybridized carbons (Fsp3) is 0.0588. The molecular weight excluding hydrogens is 328 g/mol. The number of halogens is 1. The van der Waals surface area contributed by atoms with Gasteiger partial charge in [-0.3, -0.25) is 9.59 Å². The van der Waals surface area contributed by atoms with Crippen LogP contribution in [-0.4, -0.2) is 20.7 Å². The predicted octanol–water partition coefficient (Wildman–Crippen LogP) is 2.84. The largest absolute Gasteiger partial charge is 0.305 e. The number of carbonyl (C=O) groups excluding carboxylic acids is 1. The summed E-state index contributed by atoms with van der Waals surface area (Å²) < 4.78 is 1.52. The van der Waals surface area contributed by atoms with E-state index < -0.39 is 11.3 Å². The summed E-state index contributed by atoms with van der Waals surface area (Å²) >= 11 is 5.89. The monoisotopic (exact) mass is 340 g/mol. The molecule has 0 spiro atoms. The first kappa shape index (κ1) is 15.9. The van der Waals surface area contributed by atoms with Crippen molar-refractivity contribution in [2.24, 2.45) is 0 Å². The lowest BCUT2D eigenvalue weighted by Gasteiger charge is -2.11. The standard InChI is InChI=1S/C17H13ClN4O2/c1-11-10-14(23)16(17(24)20-15-4-2-3-9-19-15)21-22(11)13-7-5-12(18)6-8-13/h2-10H,1H3,(H,19,20,24). The van der Waals surface area contributed by atoms with Crippen molar-refractivity contribution in [1.82, 2.24) is 14.8 Å². The smallest absolute Gasteiger partial charge is 0.281 e. The van der Waals surface area contributed by atoms with Crippen LogP contribution in [0, 0.1) is 6.92 Å². The molecule has 1 amide bonds. The van der Waals surface area contributed by atoms with Crippen LogP contribution in [0.1, 0.15) is 16.2 Å². The Balaban J connectivity index is 1.99. The van der Waals surface area contributed by atoms with Crippen molar-refractivity contribution in [2.75, 3.05) is 5.32 Å². The van der Waals surface area contributed by atoms with Crippen LogP contribution in [0.4, 0.5) is 5.82 Å². The molecule has 0 bridgehead atoms. The first-order valence-electron chi connectivity index (χ1n) is 7.14. The van der Waals surface area contributed by atoms with Gasteiger partial charge in [0.25, 0.3) is 5.91 Å². The lowest BCUT2D eigenvalue weighted by atomic mass is 10.2. The summed E-state index contributed by atoms with van der Waals surface area (Å²) in [6.07, 6.45) is 1.55. The highest BCUT2D eigenvalue weighted by Gasteiger charge is 2.15. The first-order valence-corrected chi connectivity index (χ1v) is 7.52. The Hall–Kier alpha value is -2.99. The van der Waals surface area contributed by atoms with Gasteiger partial charge < -0.3 is 5.32 Å². The molecule has 24 heavy (non-hydrogen) atoms. The molecule has 0 fully saturated rings. The minimum absolute atomic E-state index is 0.207. The molecule has 1 aromatic carbocycles. The SMILES string of the molecule is Cc1cc(=O)c(C(=O)Nc2ccccn2)nn1-c1ccc(Cl)cc1. The number of anilines is 1. The maximum atomic E-state index is 12.3. The fourth-order valence-corrected chi connectivity index (χ4v) is 2.29. The second kappa shape index (κ2) is 6.64. The van der Waals surface area contributed by atoms with Crippen LogP contribution in [0.2, 0.25) is 5.02 Å². The van der Waals surface area contributed by atoms with E-state index in [1.54, 1.807) is 55.6 Å². The Morgan fingerprint density at radius 2 is 1.92 bits per heavy atom. The minimum Gasteiger partial charge on any atom is -0.305 e. The summed E-state index contributed by atoms with van der Waals surface area (Å²) in [6.45, 7) is 1.74. The maximum Gasteiger partial charge on any atom is 0.281 e. The maximum absolute atomic E-state index is 12.3. The minimum atomic E-state index is -0.610. The molecule has 0 saturated carbocycles. The Morgan fingerprint density at radius 3 is 2.58 bits per heavy atom. The van der Waals surface area contributed by atoms with Crippen LogP contribution >= 0.6 is 11.6 Å². The first-order chi connectivity index (χ1) is 11.5. The van der Waals surface area contributed by atoms with Gasteiger partial charge in [0.1, 0.15) is 5.82 Å². The molecule has 1 N–H and O–H groups in total. The van der Waals surface area contributed by atoms with Crippen LogP contribution in [0.25, 0.3) is 5.69 Å². The van der Waals surface area contributed by atoms with Gasteiger partial charge in [-0.05, 0) is 43.3 Å². The predicted molar refractivity (Wildman–Crippen MR) is 91.8 cm³/mol. The molecule has 7 heteroatoms. The van der Waals surface area contributed by atoms with E-state index in [1.807, 2.05) is 0 Å². The molecule has 120 valence electrons. The summed E-state index contributed by atoms with van der Waals surface area (Å²) in [6, 6.07) is 13.4. The summed E-state index contributed by atoms with van der Waals surface area (Å²) in [5.74, 6) is -0.260. The van der Waals surface area contributed by atoms with Gasteiger partial charge in [-0.25, -0.2) is 9.67 Å². The lowest BCUT2D eigenvalue weighted by Crippen LogP contribution is -2.27. The molecule has 6 nitrogen and oxygen atoms in total. The van der Waals surface area contributed by atoms with E-state index in [2.05, 4.69) is 15.4 Å². The number of benzene rings is 1. The number of rotatable bonds is 3. The van der Waals surface area contributed by atoms with Crippen molar-refractivity contribution in [3.63, 3.8) is 0 Å². The quantitative estimate of drug-likeness (QED) is 0.795. The summed E-state index contributed by atoms with van der Waals surface area (Å²) in [5.41, 5.74) is 0.646. The highest BCUT2D eigenvalue weighted by molar-refractivity contribution is 6.30. The van der Waals surface area contributed by atoms with E-state index in [4.69, 9.17) is 11.6 Å². The number of pyridine rings is 1. The molecule has 0 unspecified atom stereocenters. The Morgan fingerprint density at radius 1 is 1.17 bits per heavy atom. The van der Waals surface area contributed by atoms with Crippen LogP contribution in [0.15, 0.2) is 59.5 Å². The van der Waals surface area contributed by atoms with E-state index in [0.717, 1.165) is 0 Å². The molecule has 0 aliphatic heterocycles. The third-order valence-electron chi connectivity index (χ3n) is 3.30. The van der Waals surface area contributed by atoms with Crippen molar-refractivity contribution in [2.45, 2.75) is 6.92 Å². The van der Waals surface area contributed by atoms with Crippen LogP contribution in [0.3, 0.4) is 0 Å². The van der Waals surface area contributed by atoms with Gasteiger partial charge in [0.2, 0.25) is 5.43 Å². The molecule has 0 saturated heterocycles. The fourth-order valence-electron chi connectivity index (χ4n) is 2.16. The molecule has 3 rings (SSSR count). The highest BCUT2D eigenvalue weighted by Crippen LogP contribution is 2.14. The summed E-state index contributed by atoms with van der Waals surface area (Å²) in [4.78, 5) is 28.5. The number of aryl methyl sites for hydroxylation is 1. The van der Waals surface area contributed by atoms with E-state index in [-0.39, 0.29) is 5.69 Å². The van der Waals surface area contributed by atoms with Crippen molar-refractivity contribution in [3.05, 3.63) is 81.4 Å².